The van der Waals surface area contributed by atoms with Crippen molar-refractivity contribution in [3.05, 3.63) is 64.5 Å². The van der Waals surface area contributed by atoms with Gasteiger partial charge in [-0.2, -0.15) is 0 Å². The molecule has 1 aliphatic rings. The Morgan fingerprint density at radius 2 is 1.76 bits per heavy atom. The van der Waals surface area contributed by atoms with Gasteiger partial charge in [0, 0.05) is 22.5 Å². The number of hydrogen-bond donors (Lipinski definition) is 1. The molecule has 4 rings (SSSR count). The third kappa shape index (κ3) is 4.04. The maximum Gasteiger partial charge on any atom is 0.257 e. The zero-order valence-corrected chi connectivity index (χ0v) is 17.8. The van der Waals surface area contributed by atoms with Crippen LogP contribution in [0.25, 0.3) is 11.3 Å². The van der Waals surface area contributed by atoms with Gasteiger partial charge in [0.2, 0.25) is 10.0 Å². The molecule has 1 amide bonds. The van der Waals surface area contributed by atoms with Gasteiger partial charge < -0.3 is 0 Å². The highest BCUT2D eigenvalue weighted by molar-refractivity contribution is 7.93. The number of anilines is 2. The van der Waals surface area contributed by atoms with E-state index in [1.165, 1.54) is 21.2 Å². The summed E-state index contributed by atoms with van der Waals surface area (Å²) in [6.45, 7) is 4.50. The number of carbonyl (C=O) groups excluding carboxylic acids is 1. The highest BCUT2D eigenvalue weighted by atomic mass is 32.2. The molecule has 1 saturated heterocycles. The summed E-state index contributed by atoms with van der Waals surface area (Å²) in [6.07, 6.45) is 0.622. The Balaban J connectivity index is 1.50. The highest BCUT2D eigenvalue weighted by Crippen LogP contribution is 2.31. The average molecular weight is 428 g/mol. The van der Waals surface area contributed by atoms with Crippen LogP contribution in [0.1, 0.15) is 27.2 Å². The number of nitrogens with one attached hydrogen (secondary N) is 1. The Bertz CT molecular complexity index is 1150. The summed E-state index contributed by atoms with van der Waals surface area (Å²) >= 11 is 1.43. The molecule has 0 bridgehead atoms. The molecule has 1 N–H and O–H groups in total. The summed E-state index contributed by atoms with van der Waals surface area (Å²) in [5.41, 5.74) is 4.10. The summed E-state index contributed by atoms with van der Waals surface area (Å²) in [6, 6.07) is 14.7. The summed E-state index contributed by atoms with van der Waals surface area (Å²) in [5, 5.41) is 3.38. The van der Waals surface area contributed by atoms with Crippen LogP contribution in [-0.4, -0.2) is 31.6 Å². The predicted molar refractivity (Wildman–Crippen MR) is 117 cm³/mol. The van der Waals surface area contributed by atoms with Gasteiger partial charge in [0.25, 0.3) is 5.91 Å². The highest BCUT2D eigenvalue weighted by Gasteiger charge is 2.28. The average Bonchev–Trinajstić information content (AvgIpc) is 3.23. The normalized spacial score (nSPS) is 15.4. The molecule has 0 saturated carbocycles. The number of benzene rings is 2. The summed E-state index contributed by atoms with van der Waals surface area (Å²) < 4.78 is 25.5. The van der Waals surface area contributed by atoms with Gasteiger partial charge in [-0.3, -0.25) is 14.4 Å². The van der Waals surface area contributed by atoms with E-state index in [4.69, 9.17) is 0 Å². The second-order valence-corrected chi connectivity index (χ2v) is 10.2. The van der Waals surface area contributed by atoms with E-state index < -0.39 is 10.0 Å². The maximum atomic E-state index is 12.6. The van der Waals surface area contributed by atoms with E-state index in [2.05, 4.69) is 10.3 Å². The number of carbonyl (C=O) groups is 1. The number of amides is 1. The first-order chi connectivity index (χ1) is 13.8. The van der Waals surface area contributed by atoms with E-state index in [9.17, 15) is 13.2 Å². The summed E-state index contributed by atoms with van der Waals surface area (Å²) in [7, 11) is -3.23. The molecule has 1 fully saturated rings. The fourth-order valence-electron chi connectivity index (χ4n) is 3.31. The third-order valence-corrected chi connectivity index (χ3v) is 7.61. The van der Waals surface area contributed by atoms with Crippen LogP contribution in [0.5, 0.6) is 0 Å². The van der Waals surface area contributed by atoms with Crippen molar-refractivity contribution < 1.29 is 13.2 Å². The van der Waals surface area contributed by atoms with Gasteiger partial charge in [-0.25, -0.2) is 13.4 Å². The monoisotopic (exact) mass is 427 g/mol. The van der Waals surface area contributed by atoms with Crippen molar-refractivity contribution in [3.8, 4) is 11.3 Å². The molecule has 1 aliphatic heterocycles. The fraction of sp³-hybridized carbons (Fsp3) is 0.238. The molecule has 0 radical (unpaired) electrons. The molecule has 150 valence electrons. The molecule has 8 heteroatoms. The first-order valence-electron chi connectivity index (χ1n) is 9.30. The molecule has 0 spiro atoms. The summed E-state index contributed by atoms with van der Waals surface area (Å²) in [4.78, 5) is 18.2. The lowest BCUT2D eigenvalue weighted by Gasteiger charge is -2.16. The molecule has 1 aromatic heterocycles. The molecule has 0 atom stereocenters. The second kappa shape index (κ2) is 7.61. The molecule has 2 aromatic carbocycles. The van der Waals surface area contributed by atoms with Crippen LogP contribution < -0.4 is 9.62 Å². The van der Waals surface area contributed by atoms with E-state index in [0.29, 0.717) is 29.3 Å². The number of nitrogens with zero attached hydrogens (tertiary/aromatic N) is 2. The Morgan fingerprint density at radius 3 is 2.38 bits per heavy atom. The SMILES string of the molecule is Cc1ccc(-c2nc(NC(=O)c3ccc(N4CCCS4(=O)=O)cc3)sc2C)cc1. The van der Waals surface area contributed by atoms with Crippen molar-refractivity contribution in [1.82, 2.24) is 4.98 Å². The van der Waals surface area contributed by atoms with Gasteiger partial charge in [0.15, 0.2) is 5.13 Å². The van der Waals surface area contributed by atoms with Gasteiger partial charge in [-0.05, 0) is 44.5 Å². The number of rotatable bonds is 4. The predicted octanol–water partition coefficient (Wildman–Crippen LogP) is 4.22. The Labute approximate surface area is 174 Å². The lowest BCUT2D eigenvalue weighted by atomic mass is 10.1. The standard InChI is InChI=1S/C21H21N3O3S2/c1-14-4-6-16(7-5-14)19-15(2)28-21(22-19)23-20(25)17-8-10-18(11-9-17)24-12-3-13-29(24,26)27/h4-11H,3,12-13H2,1-2H3,(H,22,23,25). The van der Waals surface area contributed by atoms with E-state index in [1.807, 2.05) is 38.1 Å². The van der Waals surface area contributed by atoms with Gasteiger partial charge in [0.05, 0.1) is 17.1 Å². The zero-order chi connectivity index (χ0) is 20.6. The van der Waals surface area contributed by atoms with Crippen molar-refractivity contribution in [3.63, 3.8) is 0 Å². The third-order valence-electron chi connectivity index (χ3n) is 4.86. The maximum absolute atomic E-state index is 12.6. The van der Waals surface area contributed by atoms with E-state index in [0.717, 1.165) is 16.1 Å². The van der Waals surface area contributed by atoms with Gasteiger partial charge in [0.1, 0.15) is 0 Å². The molecule has 2 heterocycles. The van der Waals surface area contributed by atoms with Crippen molar-refractivity contribution in [2.24, 2.45) is 0 Å². The lowest BCUT2D eigenvalue weighted by Crippen LogP contribution is -2.25. The van der Waals surface area contributed by atoms with E-state index in [1.54, 1.807) is 24.3 Å². The van der Waals surface area contributed by atoms with Crippen molar-refractivity contribution in [2.45, 2.75) is 20.3 Å². The van der Waals surface area contributed by atoms with Crippen LogP contribution in [-0.2, 0) is 10.0 Å². The number of sulfonamides is 1. The van der Waals surface area contributed by atoms with Gasteiger partial charge in [-0.1, -0.05) is 29.8 Å². The summed E-state index contributed by atoms with van der Waals surface area (Å²) in [5.74, 6) is -0.105. The minimum absolute atomic E-state index is 0.169. The molecule has 0 aliphatic carbocycles. The topological polar surface area (TPSA) is 79.4 Å². The molecule has 3 aromatic rings. The van der Waals surface area contributed by atoms with Gasteiger partial charge in [-0.15, -0.1) is 11.3 Å². The quantitative estimate of drug-likeness (QED) is 0.676. The smallest absolute Gasteiger partial charge is 0.257 e. The minimum atomic E-state index is -3.23. The van der Waals surface area contributed by atoms with Crippen LogP contribution in [0.3, 0.4) is 0 Å². The number of thiazole rings is 1. The largest absolute Gasteiger partial charge is 0.298 e. The Kier molecular flexibility index (Phi) is 5.14. The first-order valence-corrected chi connectivity index (χ1v) is 11.7. The molecule has 6 nitrogen and oxygen atoms in total. The molecule has 29 heavy (non-hydrogen) atoms. The van der Waals surface area contributed by atoms with Crippen LogP contribution >= 0.6 is 11.3 Å². The van der Waals surface area contributed by atoms with Crippen LogP contribution in [0, 0.1) is 13.8 Å². The van der Waals surface area contributed by atoms with Crippen molar-refractivity contribution in [2.75, 3.05) is 21.9 Å². The van der Waals surface area contributed by atoms with E-state index >= 15 is 0 Å². The van der Waals surface area contributed by atoms with Gasteiger partial charge >= 0.3 is 0 Å². The Hall–Kier alpha value is -2.71. The number of aryl methyl sites for hydroxylation is 2. The lowest BCUT2D eigenvalue weighted by molar-refractivity contribution is 0.102. The molecular weight excluding hydrogens is 406 g/mol. The van der Waals surface area contributed by atoms with Crippen LogP contribution in [0.4, 0.5) is 10.8 Å². The van der Waals surface area contributed by atoms with Crippen molar-refractivity contribution in [1.29, 1.82) is 0 Å². The van der Waals surface area contributed by atoms with Crippen molar-refractivity contribution >= 4 is 38.1 Å². The molecular formula is C21H21N3O3S2. The molecule has 0 unspecified atom stereocenters. The zero-order valence-electron chi connectivity index (χ0n) is 16.2. The number of hydrogen-bond acceptors (Lipinski definition) is 5. The number of aromatic nitrogens is 1. The van der Waals surface area contributed by atoms with Crippen LogP contribution in [0.2, 0.25) is 0 Å². The minimum Gasteiger partial charge on any atom is -0.298 e. The van der Waals surface area contributed by atoms with Crippen LogP contribution in [0.15, 0.2) is 48.5 Å². The van der Waals surface area contributed by atoms with E-state index in [-0.39, 0.29) is 11.7 Å². The second-order valence-electron chi connectivity index (χ2n) is 7.03. The first kappa shape index (κ1) is 19.6. The Morgan fingerprint density at radius 1 is 1.07 bits per heavy atom. The fourth-order valence-corrected chi connectivity index (χ4v) is 5.70.